The first-order valence-electron chi connectivity index (χ1n) is 11.3. The summed E-state index contributed by atoms with van der Waals surface area (Å²) in [7, 11) is 4.62. The molecule has 3 aromatic rings. The van der Waals surface area contributed by atoms with E-state index in [1.807, 2.05) is 18.4 Å². The topological polar surface area (TPSA) is 114 Å². The van der Waals surface area contributed by atoms with Crippen LogP contribution in [0.25, 0.3) is 11.4 Å². The van der Waals surface area contributed by atoms with Gasteiger partial charge >= 0.3 is 5.97 Å². The third-order valence-electron chi connectivity index (χ3n) is 5.40. The number of ether oxygens (including phenoxy) is 4. The highest BCUT2D eigenvalue weighted by molar-refractivity contribution is 7.99. The summed E-state index contributed by atoms with van der Waals surface area (Å²) >= 11 is 2.57. The number of esters is 1. The molecule has 1 aromatic carbocycles. The number of hydrogen-bond donors (Lipinski definition) is 1. The molecule has 0 atom stereocenters. The van der Waals surface area contributed by atoms with Gasteiger partial charge in [-0.15, -0.1) is 28.1 Å². The third kappa shape index (κ3) is 6.08. The van der Waals surface area contributed by atoms with Crippen LogP contribution in [0.4, 0.5) is 5.00 Å². The van der Waals surface area contributed by atoms with Crippen molar-refractivity contribution in [3.05, 3.63) is 40.8 Å². The first-order valence-corrected chi connectivity index (χ1v) is 13.1. The number of nitrogens with zero attached hydrogens (tertiary/aromatic N) is 3. The van der Waals surface area contributed by atoms with Crippen LogP contribution in [-0.2, 0) is 16.1 Å². The molecule has 37 heavy (non-hydrogen) atoms. The lowest BCUT2D eigenvalue weighted by Crippen LogP contribution is -2.17. The normalized spacial score (nSPS) is 10.6. The standard InChI is InChI=1S/C25H30N4O6S2/c1-8-10-29-22(16-11-17(32-5)21(34-7)18(12-16)33-6)27-28-25(29)36-13-19(30)26-23-20(24(31)35-9-2)14(3)15(4)37-23/h8,11-12H,1,9-10,13H2,2-7H3,(H,26,30). The van der Waals surface area contributed by atoms with E-state index in [4.69, 9.17) is 18.9 Å². The van der Waals surface area contributed by atoms with Crippen molar-refractivity contribution in [2.24, 2.45) is 0 Å². The SMILES string of the molecule is C=CCn1c(SCC(=O)Nc2sc(C)c(C)c2C(=O)OCC)nnc1-c1cc(OC)c(OC)c(OC)c1. The average molecular weight is 547 g/mol. The van der Waals surface area contributed by atoms with Crippen LogP contribution in [0.5, 0.6) is 17.2 Å². The van der Waals surface area contributed by atoms with Crippen LogP contribution in [0.1, 0.15) is 27.7 Å². The van der Waals surface area contributed by atoms with Gasteiger partial charge in [-0.1, -0.05) is 17.8 Å². The van der Waals surface area contributed by atoms with Crippen molar-refractivity contribution in [1.82, 2.24) is 14.8 Å². The number of allylic oxidation sites excluding steroid dienone is 1. The van der Waals surface area contributed by atoms with Crippen LogP contribution < -0.4 is 19.5 Å². The predicted octanol–water partition coefficient (Wildman–Crippen LogP) is 4.74. The number of aryl methyl sites for hydroxylation is 1. The van der Waals surface area contributed by atoms with Crippen molar-refractivity contribution in [3.8, 4) is 28.6 Å². The van der Waals surface area contributed by atoms with Crippen molar-refractivity contribution >= 4 is 40.0 Å². The smallest absolute Gasteiger partial charge is 0.341 e. The minimum atomic E-state index is -0.451. The number of amides is 1. The fraction of sp³-hybridized carbons (Fsp3) is 0.360. The first-order chi connectivity index (χ1) is 17.8. The van der Waals surface area contributed by atoms with Crippen molar-refractivity contribution < 1.29 is 28.5 Å². The third-order valence-corrected chi connectivity index (χ3v) is 7.49. The lowest BCUT2D eigenvalue weighted by atomic mass is 10.1. The van der Waals surface area contributed by atoms with E-state index in [-0.39, 0.29) is 18.3 Å². The number of hydrogen-bond acceptors (Lipinski definition) is 10. The quantitative estimate of drug-likeness (QED) is 0.195. The Kier molecular flexibility index (Phi) is 9.59. The molecule has 0 spiro atoms. The largest absolute Gasteiger partial charge is 0.493 e. The number of thioether (sulfide) groups is 1. The molecule has 2 aromatic heterocycles. The lowest BCUT2D eigenvalue weighted by molar-refractivity contribution is -0.113. The van der Waals surface area contributed by atoms with Crippen molar-refractivity contribution in [2.45, 2.75) is 32.5 Å². The van der Waals surface area contributed by atoms with Gasteiger partial charge in [0.15, 0.2) is 22.5 Å². The maximum Gasteiger partial charge on any atom is 0.341 e. The summed E-state index contributed by atoms with van der Waals surface area (Å²) in [5.74, 6) is 1.32. The Labute approximate surface area is 224 Å². The summed E-state index contributed by atoms with van der Waals surface area (Å²) in [6, 6.07) is 3.56. The van der Waals surface area contributed by atoms with Gasteiger partial charge in [0.1, 0.15) is 5.00 Å². The minimum Gasteiger partial charge on any atom is -0.493 e. The van der Waals surface area contributed by atoms with E-state index < -0.39 is 5.97 Å². The molecular formula is C25H30N4O6S2. The Hall–Kier alpha value is -3.51. The van der Waals surface area contributed by atoms with Crippen LogP contribution in [0.3, 0.4) is 0 Å². The number of anilines is 1. The van der Waals surface area contributed by atoms with Crippen LogP contribution in [0, 0.1) is 13.8 Å². The molecule has 0 saturated heterocycles. The molecule has 198 valence electrons. The van der Waals surface area contributed by atoms with Gasteiger partial charge in [0.25, 0.3) is 0 Å². The van der Waals surface area contributed by atoms with Gasteiger partial charge < -0.3 is 24.3 Å². The summed E-state index contributed by atoms with van der Waals surface area (Å²) in [5, 5.41) is 12.5. The molecule has 0 radical (unpaired) electrons. The highest BCUT2D eigenvalue weighted by Crippen LogP contribution is 2.41. The molecule has 0 unspecified atom stereocenters. The maximum absolute atomic E-state index is 12.8. The number of rotatable bonds is 12. The van der Waals surface area contributed by atoms with E-state index in [2.05, 4.69) is 22.1 Å². The summed E-state index contributed by atoms with van der Waals surface area (Å²) in [6.07, 6.45) is 1.72. The Balaban J connectivity index is 1.84. The number of methoxy groups -OCH3 is 3. The molecule has 0 aliphatic rings. The zero-order chi connectivity index (χ0) is 27.1. The van der Waals surface area contributed by atoms with Gasteiger partial charge in [-0.2, -0.15) is 0 Å². The fourth-order valence-electron chi connectivity index (χ4n) is 3.57. The predicted molar refractivity (Wildman–Crippen MR) is 144 cm³/mol. The van der Waals surface area contributed by atoms with E-state index in [9.17, 15) is 9.59 Å². The number of aromatic nitrogens is 3. The van der Waals surface area contributed by atoms with Gasteiger partial charge in [0, 0.05) is 17.0 Å². The van der Waals surface area contributed by atoms with E-state index in [0.29, 0.717) is 50.9 Å². The summed E-state index contributed by atoms with van der Waals surface area (Å²) in [5.41, 5.74) is 1.89. The van der Waals surface area contributed by atoms with Crippen LogP contribution >= 0.6 is 23.1 Å². The van der Waals surface area contributed by atoms with Gasteiger partial charge in [-0.05, 0) is 38.5 Å². The van der Waals surface area contributed by atoms with Crippen LogP contribution in [0.2, 0.25) is 0 Å². The number of benzene rings is 1. The first kappa shape index (κ1) is 28.1. The highest BCUT2D eigenvalue weighted by atomic mass is 32.2. The zero-order valence-corrected chi connectivity index (χ0v) is 23.3. The molecule has 0 fully saturated rings. The van der Waals surface area contributed by atoms with Crippen molar-refractivity contribution in [1.29, 1.82) is 0 Å². The molecule has 0 aliphatic carbocycles. The zero-order valence-electron chi connectivity index (χ0n) is 21.7. The Bertz CT molecular complexity index is 1280. The van der Waals surface area contributed by atoms with Gasteiger partial charge in [0.2, 0.25) is 11.7 Å². The molecular weight excluding hydrogens is 516 g/mol. The molecule has 0 saturated carbocycles. The van der Waals surface area contributed by atoms with Gasteiger partial charge in [0.05, 0.1) is 39.3 Å². The van der Waals surface area contributed by atoms with E-state index in [1.54, 1.807) is 39.4 Å². The Morgan fingerprint density at radius 1 is 1.14 bits per heavy atom. The maximum atomic E-state index is 12.8. The summed E-state index contributed by atoms with van der Waals surface area (Å²) < 4.78 is 23.3. The lowest BCUT2D eigenvalue weighted by Gasteiger charge is -2.14. The van der Waals surface area contributed by atoms with Crippen LogP contribution in [-0.4, -0.2) is 60.3 Å². The molecule has 0 aliphatic heterocycles. The summed E-state index contributed by atoms with van der Waals surface area (Å²) in [4.78, 5) is 26.2. The average Bonchev–Trinajstić information content (AvgIpc) is 3.41. The molecule has 3 rings (SSSR count). The second-order valence-corrected chi connectivity index (χ2v) is 9.83. The van der Waals surface area contributed by atoms with Crippen molar-refractivity contribution in [2.75, 3.05) is 39.0 Å². The van der Waals surface area contributed by atoms with Crippen molar-refractivity contribution in [3.63, 3.8) is 0 Å². The molecule has 10 nitrogen and oxygen atoms in total. The molecule has 2 heterocycles. The fourth-order valence-corrected chi connectivity index (χ4v) is 5.38. The highest BCUT2D eigenvalue weighted by Gasteiger charge is 2.23. The van der Waals surface area contributed by atoms with E-state index >= 15 is 0 Å². The van der Waals surface area contributed by atoms with Gasteiger partial charge in [-0.3, -0.25) is 9.36 Å². The number of carbonyl (C=O) groups is 2. The van der Waals surface area contributed by atoms with Gasteiger partial charge in [-0.25, -0.2) is 4.79 Å². The molecule has 1 N–H and O–H groups in total. The van der Waals surface area contributed by atoms with E-state index in [1.165, 1.54) is 30.2 Å². The number of nitrogens with one attached hydrogen (secondary N) is 1. The second kappa shape index (κ2) is 12.6. The second-order valence-electron chi connectivity index (χ2n) is 7.66. The summed E-state index contributed by atoms with van der Waals surface area (Å²) in [6.45, 7) is 9.98. The number of thiophene rings is 1. The number of carbonyl (C=O) groups excluding carboxylic acids is 2. The molecule has 12 heteroatoms. The monoisotopic (exact) mass is 546 g/mol. The van der Waals surface area contributed by atoms with Crippen LogP contribution in [0.15, 0.2) is 29.9 Å². The molecule has 1 amide bonds. The Morgan fingerprint density at radius 2 is 1.81 bits per heavy atom. The molecule has 0 bridgehead atoms. The Morgan fingerprint density at radius 3 is 2.38 bits per heavy atom. The van der Waals surface area contributed by atoms with E-state index in [0.717, 1.165) is 10.4 Å². The minimum absolute atomic E-state index is 0.0583.